The van der Waals surface area contributed by atoms with Crippen molar-refractivity contribution in [3.05, 3.63) is 35.2 Å². The maximum atomic E-state index is 4.82. The molecule has 2 nitrogen and oxygen atoms in total. The van der Waals surface area contributed by atoms with E-state index in [1.54, 1.807) is 11.8 Å². The molecule has 0 amide bonds. The van der Waals surface area contributed by atoms with Crippen molar-refractivity contribution in [3.8, 4) is 0 Å². The van der Waals surface area contributed by atoms with Crippen molar-refractivity contribution >= 4 is 46.3 Å². The van der Waals surface area contributed by atoms with Crippen molar-refractivity contribution in [2.75, 3.05) is 17.6 Å². The number of hydrogen-bond acceptors (Lipinski definition) is 5. The molecule has 5 heteroatoms. The molecular weight excluding hydrogens is 292 g/mol. The normalized spacial score (nSPS) is 11.1. The number of aryl methyl sites for hydroxylation is 1. The summed E-state index contributed by atoms with van der Waals surface area (Å²) in [7, 11) is 0. The number of benzene rings is 1. The Hall–Kier alpha value is -0.390. The SMILES string of the molecule is CSCSCc1nc2cc(C)ccc2nc1CSC. The zero-order valence-corrected chi connectivity index (χ0v) is 13.9. The van der Waals surface area contributed by atoms with Gasteiger partial charge in [-0.1, -0.05) is 6.07 Å². The number of rotatable bonds is 6. The summed E-state index contributed by atoms with van der Waals surface area (Å²) in [6.45, 7) is 2.10. The van der Waals surface area contributed by atoms with Crippen LogP contribution < -0.4 is 0 Å². The molecule has 0 radical (unpaired) electrons. The zero-order valence-electron chi connectivity index (χ0n) is 11.5. The summed E-state index contributed by atoms with van der Waals surface area (Å²) in [5.74, 6) is 1.89. The molecule has 0 aliphatic carbocycles. The minimum Gasteiger partial charge on any atom is -0.248 e. The number of aromatic nitrogens is 2. The van der Waals surface area contributed by atoms with Gasteiger partial charge in [-0.25, -0.2) is 9.97 Å². The maximum Gasteiger partial charge on any atom is 0.0893 e. The fraction of sp³-hybridized carbons (Fsp3) is 0.429. The first-order valence-electron chi connectivity index (χ1n) is 6.06. The monoisotopic (exact) mass is 310 g/mol. The van der Waals surface area contributed by atoms with E-state index in [2.05, 4.69) is 37.6 Å². The molecular formula is C14H18N2S3. The van der Waals surface area contributed by atoms with Gasteiger partial charge in [-0.3, -0.25) is 0 Å². The summed E-state index contributed by atoms with van der Waals surface area (Å²) in [5, 5.41) is 1.10. The molecule has 0 saturated carbocycles. The van der Waals surface area contributed by atoms with Crippen LogP contribution in [0, 0.1) is 6.92 Å². The molecule has 0 saturated heterocycles. The molecule has 0 fully saturated rings. The summed E-state index contributed by atoms with van der Waals surface area (Å²) in [4.78, 5) is 9.60. The molecule has 0 aliphatic heterocycles. The van der Waals surface area contributed by atoms with Gasteiger partial charge in [0.15, 0.2) is 0 Å². The van der Waals surface area contributed by atoms with Gasteiger partial charge in [-0.15, -0.1) is 11.8 Å². The van der Waals surface area contributed by atoms with Crippen molar-refractivity contribution in [1.82, 2.24) is 9.97 Å². The second kappa shape index (κ2) is 7.41. The van der Waals surface area contributed by atoms with Crippen LogP contribution in [-0.4, -0.2) is 27.6 Å². The van der Waals surface area contributed by atoms with Crippen LogP contribution in [0.25, 0.3) is 11.0 Å². The predicted octanol–water partition coefficient (Wildman–Crippen LogP) is 4.35. The highest BCUT2D eigenvalue weighted by atomic mass is 32.2. The van der Waals surface area contributed by atoms with Gasteiger partial charge in [0.1, 0.15) is 0 Å². The number of thioether (sulfide) groups is 3. The first kappa shape index (κ1) is 15.0. The molecule has 0 bridgehead atoms. The van der Waals surface area contributed by atoms with Gasteiger partial charge in [0.05, 0.1) is 22.4 Å². The van der Waals surface area contributed by atoms with Crippen LogP contribution in [0.1, 0.15) is 17.0 Å². The van der Waals surface area contributed by atoms with Crippen molar-refractivity contribution in [3.63, 3.8) is 0 Å². The van der Waals surface area contributed by atoms with Crippen LogP contribution in [0.2, 0.25) is 0 Å². The Bertz CT molecular complexity index is 558. The molecule has 1 aromatic carbocycles. The number of hydrogen-bond donors (Lipinski definition) is 0. The molecule has 0 spiro atoms. The molecule has 19 heavy (non-hydrogen) atoms. The second-order valence-corrected chi connectivity index (χ2v) is 7.38. The zero-order chi connectivity index (χ0) is 13.7. The average Bonchev–Trinajstić information content (AvgIpc) is 2.40. The van der Waals surface area contributed by atoms with Crippen molar-refractivity contribution in [2.45, 2.75) is 18.4 Å². The Balaban J connectivity index is 2.36. The molecule has 2 rings (SSSR count). The second-order valence-electron chi connectivity index (χ2n) is 4.30. The van der Waals surface area contributed by atoms with Crippen molar-refractivity contribution < 1.29 is 0 Å². The predicted molar refractivity (Wildman–Crippen MR) is 91.2 cm³/mol. The third kappa shape index (κ3) is 4.04. The van der Waals surface area contributed by atoms with Gasteiger partial charge in [0, 0.05) is 16.6 Å². The summed E-state index contributed by atoms with van der Waals surface area (Å²) >= 11 is 5.57. The minimum absolute atomic E-state index is 0.936. The van der Waals surface area contributed by atoms with E-state index in [0.29, 0.717) is 0 Å². The minimum atomic E-state index is 0.936. The fourth-order valence-electron chi connectivity index (χ4n) is 1.83. The Morgan fingerprint density at radius 2 is 1.68 bits per heavy atom. The smallest absolute Gasteiger partial charge is 0.0893 e. The molecule has 1 heterocycles. The van der Waals surface area contributed by atoms with E-state index in [1.807, 2.05) is 23.5 Å². The lowest BCUT2D eigenvalue weighted by Crippen LogP contribution is -2.00. The van der Waals surface area contributed by atoms with Crippen LogP contribution in [0.4, 0.5) is 0 Å². The Kier molecular flexibility index (Phi) is 5.85. The summed E-state index contributed by atoms with van der Waals surface area (Å²) in [6.07, 6.45) is 4.24. The molecule has 0 N–H and O–H groups in total. The molecule has 1 aromatic heterocycles. The Morgan fingerprint density at radius 1 is 0.947 bits per heavy atom. The van der Waals surface area contributed by atoms with Crippen molar-refractivity contribution in [1.29, 1.82) is 0 Å². The third-order valence-corrected chi connectivity index (χ3v) is 5.35. The van der Waals surface area contributed by atoms with Crippen LogP contribution in [0.3, 0.4) is 0 Å². The van der Waals surface area contributed by atoms with Gasteiger partial charge in [0.2, 0.25) is 0 Å². The standard InChI is InChI=1S/C14H18N2S3/c1-10-4-5-11-12(6-10)16-14(8-19-9-18-3)13(15-11)7-17-2/h4-6H,7-9H2,1-3H3. The van der Waals surface area contributed by atoms with E-state index in [9.17, 15) is 0 Å². The van der Waals surface area contributed by atoms with Crippen LogP contribution in [0.5, 0.6) is 0 Å². The van der Waals surface area contributed by atoms with E-state index >= 15 is 0 Å². The van der Waals surface area contributed by atoms with E-state index < -0.39 is 0 Å². The third-order valence-electron chi connectivity index (χ3n) is 2.70. The van der Waals surface area contributed by atoms with Crippen LogP contribution in [0.15, 0.2) is 18.2 Å². The highest BCUT2D eigenvalue weighted by Crippen LogP contribution is 2.22. The molecule has 102 valence electrons. The summed E-state index contributed by atoms with van der Waals surface area (Å²) in [6, 6.07) is 6.29. The van der Waals surface area contributed by atoms with Crippen LogP contribution >= 0.6 is 35.3 Å². The van der Waals surface area contributed by atoms with Gasteiger partial charge in [0.25, 0.3) is 0 Å². The van der Waals surface area contributed by atoms with Crippen LogP contribution in [-0.2, 0) is 11.5 Å². The highest BCUT2D eigenvalue weighted by molar-refractivity contribution is 8.15. The number of fused-ring (bicyclic) bond motifs is 1. The largest absolute Gasteiger partial charge is 0.248 e. The number of nitrogens with zero attached hydrogens (tertiary/aromatic N) is 2. The van der Waals surface area contributed by atoms with Gasteiger partial charge >= 0.3 is 0 Å². The lowest BCUT2D eigenvalue weighted by molar-refractivity contribution is 1.07. The Labute approximate surface area is 127 Å². The van der Waals surface area contributed by atoms with E-state index in [-0.39, 0.29) is 0 Å². The lowest BCUT2D eigenvalue weighted by Gasteiger charge is -2.09. The molecule has 0 unspecified atom stereocenters. The molecule has 0 aliphatic rings. The maximum absolute atomic E-state index is 4.82. The Morgan fingerprint density at radius 3 is 2.42 bits per heavy atom. The fourth-order valence-corrected chi connectivity index (χ4v) is 3.76. The van der Waals surface area contributed by atoms with E-state index in [4.69, 9.17) is 9.97 Å². The topological polar surface area (TPSA) is 25.8 Å². The first-order valence-corrected chi connectivity index (χ1v) is 10.0. The quantitative estimate of drug-likeness (QED) is 0.583. The molecule has 2 aromatic rings. The van der Waals surface area contributed by atoms with Gasteiger partial charge in [-0.2, -0.15) is 23.5 Å². The lowest BCUT2D eigenvalue weighted by atomic mass is 10.2. The van der Waals surface area contributed by atoms with Gasteiger partial charge in [-0.05, 0) is 37.1 Å². The van der Waals surface area contributed by atoms with E-state index in [1.165, 1.54) is 5.56 Å². The summed E-state index contributed by atoms with van der Waals surface area (Å²) in [5.41, 5.74) is 5.55. The van der Waals surface area contributed by atoms with Crippen molar-refractivity contribution in [2.24, 2.45) is 0 Å². The first-order chi connectivity index (χ1) is 9.24. The average molecular weight is 311 g/mol. The molecule has 0 atom stereocenters. The highest BCUT2D eigenvalue weighted by Gasteiger charge is 2.08. The van der Waals surface area contributed by atoms with Gasteiger partial charge < -0.3 is 0 Å². The summed E-state index contributed by atoms with van der Waals surface area (Å²) < 4.78 is 0. The van der Waals surface area contributed by atoms with E-state index in [0.717, 1.165) is 39.0 Å².